The number of anilines is 1. The minimum atomic E-state index is 0.649. The highest BCUT2D eigenvalue weighted by atomic mass is 14.9. The van der Waals surface area contributed by atoms with Crippen LogP contribution in [0.1, 0.15) is 45.1 Å². The number of benzene rings is 1. The van der Waals surface area contributed by atoms with Crippen LogP contribution in [0.2, 0.25) is 0 Å². The van der Waals surface area contributed by atoms with Gasteiger partial charge in [-0.1, -0.05) is 39.0 Å². The molecule has 1 rings (SSSR count). The smallest absolute Gasteiger partial charge is 0.0375 e. The van der Waals surface area contributed by atoms with E-state index in [1.54, 1.807) is 0 Å². The fourth-order valence-electron chi connectivity index (χ4n) is 1.57. The fourth-order valence-corrected chi connectivity index (χ4v) is 1.57. The van der Waals surface area contributed by atoms with Crippen molar-refractivity contribution in [2.45, 2.75) is 39.5 Å². The molecular formula is C13H21N. The summed E-state index contributed by atoms with van der Waals surface area (Å²) in [5, 5.41) is 3.48. The summed E-state index contributed by atoms with van der Waals surface area (Å²) in [5.41, 5.74) is 2.76. The largest absolute Gasteiger partial charge is 0.385 e. The third-order valence-electron chi connectivity index (χ3n) is 2.67. The average molecular weight is 191 g/mol. The number of hydrogen-bond donors (Lipinski definition) is 1. The summed E-state index contributed by atoms with van der Waals surface area (Å²) >= 11 is 0. The first-order chi connectivity index (χ1) is 6.79. The first-order valence-electron chi connectivity index (χ1n) is 5.62. The Morgan fingerprint density at radius 2 is 1.93 bits per heavy atom. The fraction of sp³-hybridized carbons (Fsp3) is 0.538. The van der Waals surface area contributed by atoms with Gasteiger partial charge in [-0.15, -0.1) is 0 Å². The van der Waals surface area contributed by atoms with Gasteiger partial charge in [0.15, 0.2) is 0 Å². The number of nitrogens with one attached hydrogen (secondary N) is 1. The molecule has 0 bridgehead atoms. The van der Waals surface area contributed by atoms with Crippen molar-refractivity contribution >= 4 is 5.69 Å². The third-order valence-corrected chi connectivity index (χ3v) is 2.67. The molecule has 0 aromatic heterocycles. The normalized spacial score (nSPS) is 12.5. The van der Waals surface area contributed by atoms with Crippen LogP contribution in [0.3, 0.4) is 0 Å². The monoisotopic (exact) mass is 191 g/mol. The average Bonchev–Trinajstić information content (AvgIpc) is 2.25. The van der Waals surface area contributed by atoms with E-state index in [9.17, 15) is 0 Å². The molecule has 0 saturated carbocycles. The molecule has 0 aliphatic heterocycles. The Morgan fingerprint density at radius 1 is 1.21 bits per heavy atom. The predicted molar refractivity (Wildman–Crippen MR) is 63.9 cm³/mol. The molecule has 0 amide bonds. The molecule has 0 aliphatic rings. The molecule has 0 heterocycles. The van der Waals surface area contributed by atoms with Gasteiger partial charge in [-0.25, -0.2) is 0 Å². The van der Waals surface area contributed by atoms with Gasteiger partial charge in [0.1, 0.15) is 0 Å². The van der Waals surface area contributed by atoms with E-state index in [4.69, 9.17) is 0 Å². The summed E-state index contributed by atoms with van der Waals surface area (Å²) in [7, 11) is 0. The molecule has 0 radical (unpaired) electrons. The van der Waals surface area contributed by atoms with Gasteiger partial charge in [0.25, 0.3) is 0 Å². The summed E-state index contributed by atoms with van der Waals surface area (Å²) in [6.45, 7) is 7.78. The maximum atomic E-state index is 3.48. The lowest BCUT2D eigenvalue weighted by molar-refractivity contribution is 0.734. The van der Waals surface area contributed by atoms with E-state index in [1.165, 1.54) is 24.1 Å². The maximum absolute atomic E-state index is 3.48. The zero-order valence-corrected chi connectivity index (χ0v) is 9.51. The van der Waals surface area contributed by atoms with E-state index >= 15 is 0 Å². The highest BCUT2D eigenvalue weighted by Crippen LogP contribution is 2.26. The zero-order chi connectivity index (χ0) is 10.4. The lowest BCUT2D eigenvalue weighted by Gasteiger charge is -2.15. The standard InChI is InChI=1S/C13H21N/c1-4-10-14-13-9-7-6-8-12(13)11(3)5-2/h6-9,11,14H,4-5,10H2,1-3H3. The van der Waals surface area contributed by atoms with Crippen LogP contribution in [0.4, 0.5) is 5.69 Å². The van der Waals surface area contributed by atoms with Crippen molar-refractivity contribution in [2.75, 3.05) is 11.9 Å². The Morgan fingerprint density at radius 3 is 2.57 bits per heavy atom. The topological polar surface area (TPSA) is 12.0 Å². The van der Waals surface area contributed by atoms with E-state index in [1.807, 2.05) is 0 Å². The minimum absolute atomic E-state index is 0.649. The Balaban J connectivity index is 2.79. The number of para-hydroxylation sites is 1. The Labute approximate surface area is 87.5 Å². The van der Waals surface area contributed by atoms with Gasteiger partial charge >= 0.3 is 0 Å². The molecule has 1 unspecified atom stereocenters. The van der Waals surface area contributed by atoms with Gasteiger partial charge in [-0.05, 0) is 30.4 Å². The Bertz CT molecular complexity index is 268. The molecule has 0 fully saturated rings. The Kier molecular flexibility index (Phi) is 4.51. The van der Waals surface area contributed by atoms with E-state index < -0.39 is 0 Å². The van der Waals surface area contributed by atoms with Crippen LogP contribution in [-0.2, 0) is 0 Å². The van der Waals surface area contributed by atoms with Crippen molar-refractivity contribution < 1.29 is 0 Å². The molecule has 0 spiro atoms. The van der Waals surface area contributed by atoms with Crippen LogP contribution in [0, 0.1) is 0 Å². The summed E-state index contributed by atoms with van der Waals surface area (Å²) in [6, 6.07) is 8.63. The van der Waals surface area contributed by atoms with Crippen LogP contribution < -0.4 is 5.32 Å². The van der Waals surface area contributed by atoms with Gasteiger partial charge in [0.05, 0.1) is 0 Å². The van der Waals surface area contributed by atoms with Gasteiger partial charge in [0.2, 0.25) is 0 Å². The lowest BCUT2D eigenvalue weighted by Crippen LogP contribution is -2.04. The first-order valence-corrected chi connectivity index (χ1v) is 5.62. The molecule has 0 aliphatic carbocycles. The zero-order valence-electron chi connectivity index (χ0n) is 9.51. The van der Waals surface area contributed by atoms with E-state index in [2.05, 4.69) is 50.4 Å². The number of rotatable bonds is 5. The highest BCUT2D eigenvalue weighted by Gasteiger charge is 2.06. The van der Waals surface area contributed by atoms with Crippen molar-refractivity contribution in [1.82, 2.24) is 0 Å². The molecule has 1 nitrogen and oxygen atoms in total. The molecule has 1 N–H and O–H groups in total. The summed E-state index contributed by atoms with van der Waals surface area (Å²) < 4.78 is 0. The van der Waals surface area contributed by atoms with Crippen LogP contribution >= 0.6 is 0 Å². The quantitative estimate of drug-likeness (QED) is 0.741. The SMILES string of the molecule is CCCNc1ccccc1C(C)CC. The van der Waals surface area contributed by atoms with E-state index in [-0.39, 0.29) is 0 Å². The summed E-state index contributed by atoms with van der Waals surface area (Å²) in [4.78, 5) is 0. The van der Waals surface area contributed by atoms with Gasteiger partial charge in [-0.3, -0.25) is 0 Å². The Hall–Kier alpha value is -0.980. The predicted octanol–water partition coefficient (Wildman–Crippen LogP) is 4.02. The van der Waals surface area contributed by atoms with Crippen LogP contribution in [0.15, 0.2) is 24.3 Å². The second kappa shape index (κ2) is 5.69. The first kappa shape index (κ1) is 11.1. The maximum Gasteiger partial charge on any atom is 0.0375 e. The van der Waals surface area contributed by atoms with Crippen molar-refractivity contribution in [2.24, 2.45) is 0 Å². The third kappa shape index (κ3) is 2.76. The summed E-state index contributed by atoms with van der Waals surface area (Å²) in [6.07, 6.45) is 2.37. The number of hydrogen-bond acceptors (Lipinski definition) is 1. The van der Waals surface area contributed by atoms with Crippen molar-refractivity contribution in [3.63, 3.8) is 0 Å². The van der Waals surface area contributed by atoms with E-state index in [0.29, 0.717) is 5.92 Å². The molecular weight excluding hydrogens is 170 g/mol. The van der Waals surface area contributed by atoms with Crippen LogP contribution in [-0.4, -0.2) is 6.54 Å². The molecule has 14 heavy (non-hydrogen) atoms. The second-order valence-corrected chi connectivity index (χ2v) is 3.82. The van der Waals surface area contributed by atoms with Gasteiger partial charge in [-0.2, -0.15) is 0 Å². The van der Waals surface area contributed by atoms with Crippen molar-refractivity contribution in [3.8, 4) is 0 Å². The molecule has 1 aromatic carbocycles. The second-order valence-electron chi connectivity index (χ2n) is 3.82. The van der Waals surface area contributed by atoms with Crippen LogP contribution in [0.5, 0.6) is 0 Å². The highest BCUT2D eigenvalue weighted by molar-refractivity contribution is 5.52. The summed E-state index contributed by atoms with van der Waals surface area (Å²) in [5.74, 6) is 0.649. The lowest BCUT2D eigenvalue weighted by atomic mass is 9.97. The molecule has 1 aromatic rings. The van der Waals surface area contributed by atoms with Gasteiger partial charge in [0, 0.05) is 12.2 Å². The van der Waals surface area contributed by atoms with Crippen molar-refractivity contribution in [3.05, 3.63) is 29.8 Å². The van der Waals surface area contributed by atoms with Crippen LogP contribution in [0.25, 0.3) is 0 Å². The molecule has 0 saturated heterocycles. The van der Waals surface area contributed by atoms with Crippen molar-refractivity contribution in [1.29, 1.82) is 0 Å². The minimum Gasteiger partial charge on any atom is -0.385 e. The van der Waals surface area contributed by atoms with E-state index in [0.717, 1.165) is 6.54 Å². The van der Waals surface area contributed by atoms with Gasteiger partial charge < -0.3 is 5.32 Å². The molecule has 1 heteroatoms. The molecule has 1 atom stereocenters. The molecule has 78 valence electrons.